The van der Waals surface area contributed by atoms with Gasteiger partial charge in [0.05, 0.1) is 25.6 Å². The molecule has 0 fully saturated rings. The summed E-state index contributed by atoms with van der Waals surface area (Å²) in [4.78, 5) is 0. The third kappa shape index (κ3) is 0.948. The highest BCUT2D eigenvalue weighted by atomic mass is 16.5. The van der Waals surface area contributed by atoms with Crippen molar-refractivity contribution in [2.24, 2.45) is 5.92 Å². The summed E-state index contributed by atoms with van der Waals surface area (Å²) in [6.45, 7) is 1.53. The molecular formula is C8H10O2. The van der Waals surface area contributed by atoms with Crippen LogP contribution in [0.3, 0.4) is 0 Å². The van der Waals surface area contributed by atoms with Crippen molar-refractivity contribution in [2.45, 2.75) is 6.10 Å². The van der Waals surface area contributed by atoms with Gasteiger partial charge < -0.3 is 9.47 Å². The molecule has 2 heterocycles. The first-order valence-corrected chi connectivity index (χ1v) is 3.53. The van der Waals surface area contributed by atoms with Crippen molar-refractivity contribution < 1.29 is 9.47 Å². The van der Waals surface area contributed by atoms with E-state index in [4.69, 9.17) is 9.47 Å². The molecule has 0 aromatic rings. The predicted molar refractivity (Wildman–Crippen MR) is 37.5 cm³/mol. The van der Waals surface area contributed by atoms with Gasteiger partial charge in [0.2, 0.25) is 0 Å². The number of hydrogen-bond acceptors (Lipinski definition) is 2. The van der Waals surface area contributed by atoms with Crippen molar-refractivity contribution in [3.63, 3.8) is 0 Å². The van der Waals surface area contributed by atoms with E-state index in [1.54, 1.807) is 6.26 Å². The minimum absolute atomic E-state index is 0.263. The molecule has 0 radical (unpaired) electrons. The second-order valence-corrected chi connectivity index (χ2v) is 2.55. The normalized spacial score (nSPS) is 36.8. The van der Waals surface area contributed by atoms with E-state index in [-0.39, 0.29) is 6.10 Å². The van der Waals surface area contributed by atoms with Crippen LogP contribution in [0.1, 0.15) is 0 Å². The quantitative estimate of drug-likeness (QED) is 0.505. The average molecular weight is 138 g/mol. The van der Waals surface area contributed by atoms with E-state index in [2.05, 4.69) is 18.2 Å². The number of ether oxygens (including phenoxy) is 2. The van der Waals surface area contributed by atoms with E-state index in [9.17, 15) is 0 Å². The molecule has 2 nitrogen and oxygen atoms in total. The second kappa shape index (κ2) is 2.46. The summed E-state index contributed by atoms with van der Waals surface area (Å²) in [5, 5.41) is 0. The Labute approximate surface area is 60.1 Å². The van der Waals surface area contributed by atoms with Crippen molar-refractivity contribution in [1.29, 1.82) is 0 Å². The minimum Gasteiger partial charge on any atom is -0.501 e. The minimum atomic E-state index is 0.263. The Hall–Kier alpha value is -0.760. The van der Waals surface area contributed by atoms with Crippen molar-refractivity contribution in [1.82, 2.24) is 0 Å². The molecule has 0 saturated carbocycles. The lowest BCUT2D eigenvalue weighted by Crippen LogP contribution is -2.18. The summed E-state index contributed by atoms with van der Waals surface area (Å²) in [6.07, 6.45) is 8.22. The molecular weight excluding hydrogens is 128 g/mol. The largest absolute Gasteiger partial charge is 0.501 e. The Bertz CT molecular complexity index is 152. The van der Waals surface area contributed by atoms with E-state index in [1.807, 2.05) is 0 Å². The number of hydrogen-bond donors (Lipinski definition) is 0. The van der Waals surface area contributed by atoms with Gasteiger partial charge in [-0.15, -0.1) is 0 Å². The molecule has 2 atom stereocenters. The molecule has 2 aliphatic heterocycles. The second-order valence-electron chi connectivity index (χ2n) is 2.55. The Kier molecular flexibility index (Phi) is 1.47. The Morgan fingerprint density at radius 3 is 2.90 bits per heavy atom. The first kappa shape index (κ1) is 5.98. The summed E-state index contributed by atoms with van der Waals surface area (Å²) >= 11 is 0. The summed E-state index contributed by atoms with van der Waals surface area (Å²) < 4.78 is 10.5. The highest BCUT2D eigenvalue weighted by molar-refractivity contribution is 5.05. The summed E-state index contributed by atoms with van der Waals surface area (Å²) in [5.41, 5.74) is 0. The van der Waals surface area contributed by atoms with Gasteiger partial charge in [-0.2, -0.15) is 0 Å². The molecule has 2 unspecified atom stereocenters. The molecule has 0 N–H and O–H groups in total. The molecule has 0 aromatic heterocycles. The van der Waals surface area contributed by atoms with Gasteiger partial charge in [-0.1, -0.05) is 12.2 Å². The molecule has 0 saturated heterocycles. The van der Waals surface area contributed by atoms with Crippen molar-refractivity contribution in [3.8, 4) is 0 Å². The van der Waals surface area contributed by atoms with E-state index in [1.165, 1.54) is 0 Å². The average Bonchev–Trinajstić information content (AvgIpc) is 2.59. The van der Waals surface area contributed by atoms with Crippen LogP contribution in [-0.2, 0) is 9.47 Å². The van der Waals surface area contributed by atoms with Crippen LogP contribution < -0.4 is 0 Å². The fourth-order valence-electron chi connectivity index (χ4n) is 1.26. The van der Waals surface area contributed by atoms with Gasteiger partial charge in [0.15, 0.2) is 0 Å². The van der Waals surface area contributed by atoms with Crippen LogP contribution in [0.5, 0.6) is 0 Å². The van der Waals surface area contributed by atoms with Crippen LogP contribution in [0.15, 0.2) is 24.5 Å². The van der Waals surface area contributed by atoms with Crippen molar-refractivity contribution >= 4 is 0 Å². The van der Waals surface area contributed by atoms with Crippen molar-refractivity contribution in [2.75, 3.05) is 13.2 Å². The lowest BCUT2D eigenvalue weighted by atomic mass is 10.1. The third-order valence-corrected chi connectivity index (χ3v) is 1.84. The SMILES string of the molecule is C1=CC(C2C=COC2)OC1. The smallest absolute Gasteiger partial charge is 0.0965 e. The van der Waals surface area contributed by atoms with Gasteiger partial charge in [0, 0.05) is 5.92 Å². The molecule has 2 heteroatoms. The lowest BCUT2D eigenvalue weighted by Gasteiger charge is -2.12. The fourth-order valence-corrected chi connectivity index (χ4v) is 1.26. The molecule has 54 valence electrons. The monoisotopic (exact) mass is 138 g/mol. The highest BCUT2D eigenvalue weighted by Crippen LogP contribution is 2.19. The lowest BCUT2D eigenvalue weighted by molar-refractivity contribution is 0.0796. The number of rotatable bonds is 1. The van der Waals surface area contributed by atoms with E-state index >= 15 is 0 Å². The predicted octanol–water partition coefficient (Wildman–Crippen LogP) is 1.10. The Morgan fingerprint density at radius 1 is 1.30 bits per heavy atom. The summed E-state index contributed by atoms with van der Waals surface area (Å²) in [6, 6.07) is 0. The maximum Gasteiger partial charge on any atom is 0.0965 e. The first-order chi connectivity index (χ1) is 4.97. The fraction of sp³-hybridized carbons (Fsp3) is 0.500. The van der Waals surface area contributed by atoms with E-state index in [0.29, 0.717) is 5.92 Å². The van der Waals surface area contributed by atoms with Gasteiger partial charge in [-0.25, -0.2) is 0 Å². The van der Waals surface area contributed by atoms with Gasteiger partial charge in [0.25, 0.3) is 0 Å². The van der Waals surface area contributed by atoms with Gasteiger partial charge in [-0.3, -0.25) is 0 Å². The zero-order chi connectivity index (χ0) is 6.81. The molecule has 10 heavy (non-hydrogen) atoms. The van der Waals surface area contributed by atoms with Crippen LogP contribution in [0.4, 0.5) is 0 Å². The van der Waals surface area contributed by atoms with E-state index < -0.39 is 0 Å². The van der Waals surface area contributed by atoms with Crippen molar-refractivity contribution in [3.05, 3.63) is 24.5 Å². The molecule has 0 bridgehead atoms. The molecule has 0 aromatic carbocycles. The maximum absolute atomic E-state index is 5.39. The van der Waals surface area contributed by atoms with Crippen LogP contribution in [-0.4, -0.2) is 19.3 Å². The topological polar surface area (TPSA) is 18.5 Å². The van der Waals surface area contributed by atoms with Crippen LogP contribution >= 0.6 is 0 Å². The summed E-state index contributed by atoms with van der Waals surface area (Å²) in [5.74, 6) is 0.443. The van der Waals surface area contributed by atoms with Gasteiger partial charge >= 0.3 is 0 Å². The standard InChI is InChI=1S/C8H10O2/c1-2-8(10-4-1)7-3-5-9-6-7/h1-3,5,7-8H,4,6H2. The zero-order valence-corrected chi connectivity index (χ0v) is 5.69. The Balaban J connectivity index is 1.98. The van der Waals surface area contributed by atoms with Crippen LogP contribution in [0.25, 0.3) is 0 Å². The van der Waals surface area contributed by atoms with Gasteiger partial charge in [0.1, 0.15) is 0 Å². The molecule has 0 spiro atoms. The first-order valence-electron chi connectivity index (χ1n) is 3.53. The van der Waals surface area contributed by atoms with Crippen LogP contribution in [0.2, 0.25) is 0 Å². The highest BCUT2D eigenvalue weighted by Gasteiger charge is 2.22. The van der Waals surface area contributed by atoms with E-state index in [0.717, 1.165) is 13.2 Å². The molecule has 2 aliphatic rings. The molecule has 0 amide bonds. The van der Waals surface area contributed by atoms with Gasteiger partial charge in [-0.05, 0) is 6.08 Å². The zero-order valence-electron chi connectivity index (χ0n) is 5.69. The Morgan fingerprint density at radius 2 is 2.30 bits per heavy atom. The van der Waals surface area contributed by atoms with Crippen LogP contribution in [0, 0.1) is 5.92 Å². The third-order valence-electron chi connectivity index (χ3n) is 1.84. The molecule has 2 rings (SSSR count). The summed E-state index contributed by atoms with van der Waals surface area (Å²) in [7, 11) is 0. The maximum atomic E-state index is 5.39. The molecule has 0 aliphatic carbocycles.